The van der Waals surface area contributed by atoms with E-state index in [9.17, 15) is 27.9 Å². The molecule has 4 N–H and O–H groups in total. The highest BCUT2D eigenvalue weighted by molar-refractivity contribution is 5.81. The number of alkyl halides is 3. The van der Waals surface area contributed by atoms with Crippen molar-refractivity contribution in [2.75, 3.05) is 27.2 Å². The van der Waals surface area contributed by atoms with Crippen molar-refractivity contribution in [3.63, 3.8) is 0 Å². The average molecular weight is 696 g/mol. The van der Waals surface area contributed by atoms with Crippen LogP contribution >= 0.6 is 0 Å². The minimum atomic E-state index is -4.60. The largest absolute Gasteiger partial charge is 0.481 e. The molecule has 1 aliphatic carbocycles. The van der Waals surface area contributed by atoms with Gasteiger partial charge in [0.05, 0.1) is 18.1 Å². The molecule has 270 valence electrons. The maximum Gasteiger partial charge on any atom is 0.416 e. The SMILES string of the molecule is CC(C)CC(C(=O)NCCC(=O)O)n1cc(CCN(C)C)c(C(F)(F)F)cc1=N.Cc1cccc(C)c1-c1ccnc(C#CC2CC(O)C2)c1. The molecule has 0 radical (unpaired) electrons. The van der Waals surface area contributed by atoms with E-state index in [0.717, 1.165) is 24.6 Å². The van der Waals surface area contributed by atoms with E-state index >= 15 is 0 Å². The predicted octanol–water partition coefficient (Wildman–Crippen LogP) is 5.76. The highest BCUT2D eigenvalue weighted by Gasteiger charge is 2.35. The number of carboxylic acids is 1. The molecule has 1 aromatic carbocycles. The lowest BCUT2D eigenvalue weighted by atomic mass is 9.83. The standard InChI is InChI=1S/C19H29F3N4O3.C19H19NO/c1-12(2)9-15(18(29)24-7-5-17(27)28)26-11-13(6-8-25(3)4)14(10-16(26)23)19(20,21)22;1-13-4-3-5-14(2)19(13)16-8-9-20-17(12-16)7-6-15-10-18(21)11-15/h10-12,15,23H,5-9H2,1-4H3,(H,24,29)(H,27,28);3-5,8-9,12,15,18,21H,10-11H2,1-2H3. The van der Waals surface area contributed by atoms with Crippen LogP contribution in [0.3, 0.4) is 0 Å². The van der Waals surface area contributed by atoms with E-state index in [2.05, 4.69) is 60.3 Å². The molecule has 0 aliphatic heterocycles. The quantitative estimate of drug-likeness (QED) is 0.189. The lowest BCUT2D eigenvalue weighted by Gasteiger charge is -2.26. The molecular formula is C38H48F3N5O4. The van der Waals surface area contributed by atoms with Crippen LogP contribution < -0.4 is 10.8 Å². The number of aryl methyl sites for hydroxylation is 2. The Morgan fingerprint density at radius 1 is 1.14 bits per heavy atom. The third-order valence-electron chi connectivity index (χ3n) is 8.35. The third-order valence-corrected chi connectivity index (χ3v) is 8.35. The highest BCUT2D eigenvalue weighted by atomic mass is 19.4. The van der Waals surface area contributed by atoms with Crippen molar-refractivity contribution < 1.29 is 33.0 Å². The molecule has 3 aromatic rings. The van der Waals surface area contributed by atoms with Gasteiger partial charge in [-0.1, -0.05) is 38.0 Å². The zero-order chi connectivity index (χ0) is 37.2. The molecule has 1 fully saturated rings. The molecular weight excluding hydrogens is 647 g/mol. The summed E-state index contributed by atoms with van der Waals surface area (Å²) in [5.41, 5.74) is 4.47. The first-order valence-corrected chi connectivity index (χ1v) is 16.7. The number of aliphatic hydroxyl groups excluding tert-OH is 1. The van der Waals surface area contributed by atoms with Gasteiger partial charge in [0.2, 0.25) is 5.91 Å². The number of halogens is 3. The third kappa shape index (κ3) is 11.8. The summed E-state index contributed by atoms with van der Waals surface area (Å²) in [6.45, 7) is 8.26. The second-order valence-corrected chi connectivity index (χ2v) is 13.4. The number of aliphatic carboxylic acids is 1. The van der Waals surface area contributed by atoms with Crippen LogP contribution in [0.15, 0.2) is 48.8 Å². The highest BCUT2D eigenvalue weighted by Crippen LogP contribution is 2.32. The number of hydrogen-bond donors (Lipinski definition) is 4. The maximum atomic E-state index is 13.5. The van der Waals surface area contributed by atoms with Gasteiger partial charge in [0.25, 0.3) is 0 Å². The number of hydrogen-bond acceptors (Lipinski definition) is 6. The Morgan fingerprint density at radius 2 is 1.80 bits per heavy atom. The molecule has 12 heteroatoms. The lowest BCUT2D eigenvalue weighted by Crippen LogP contribution is -2.39. The number of aliphatic hydroxyl groups is 1. The Hall–Kier alpha value is -4.47. The number of nitrogens with zero attached hydrogens (tertiary/aromatic N) is 3. The number of benzene rings is 1. The Labute approximate surface area is 292 Å². The number of amides is 1. The Morgan fingerprint density at radius 3 is 2.36 bits per heavy atom. The number of nitrogens with one attached hydrogen (secondary N) is 2. The van der Waals surface area contributed by atoms with E-state index in [0.29, 0.717) is 18.9 Å². The summed E-state index contributed by atoms with van der Waals surface area (Å²) in [6.07, 6.45) is 0.0311. The van der Waals surface area contributed by atoms with Crippen molar-refractivity contribution >= 4 is 11.9 Å². The smallest absolute Gasteiger partial charge is 0.416 e. The molecule has 50 heavy (non-hydrogen) atoms. The summed E-state index contributed by atoms with van der Waals surface area (Å²) < 4.78 is 41.6. The van der Waals surface area contributed by atoms with E-state index < -0.39 is 35.1 Å². The van der Waals surface area contributed by atoms with Crippen molar-refractivity contribution in [3.8, 4) is 23.0 Å². The number of carbonyl (C=O) groups excluding carboxylic acids is 1. The van der Waals surface area contributed by atoms with E-state index in [1.165, 1.54) is 33.0 Å². The molecule has 1 unspecified atom stereocenters. The van der Waals surface area contributed by atoms with Crippen LogP contribution in [0.2, 0.25) is 0 Å². The molecule has 9 nitrogen and oxygen atoms in total. The van der Waals surface area contributed by atoms with Crippen molar-refractivity contribution in [2.24, 2.45) is 11.8 Å². The van der Waals surface area contributed by atoms with E-state index in [1.54, 1.807) is 19.0 Å². The normalized spacial score (nSPS) is 16.1. The number of aromatic nitrogens is 2. The van der Waals surface area contributed by atoms with Crippen molar-refractivity contribution in [1.29, 1.82) is 5.41 Å². The molecule has 1 atom stereocenters. The number of rotatable bonds is 11. The molecule has 1 saturated carbocycles. The minimum Gasteiger partial charge on any atom is -0.481 e. The van der Waals surface area contributed by atoms with Gasteiger partial charge in [-0.2, -0.15) is 13.2 Å². The van der Waals surface area contributed by atoms with E-state index in [1.807, 2.05) is 26.1 Å². The van der Waals surface area contributed by atoms with Crippen LogP contribution in [0.25, 0.3) is 11.1 Å². The topological polar surface area (TPSA) is 132 Å². The first kappa shape index (κ1) is 40.0. The molecule has 0 saturated heterocycles. The minimum absolute atomic E-state index is 0.00860. The fourth-order valence-electron chi connectivity index (χ4n) is 5.69. The molecule has 1 amide bonds. The predicted molar refractivity (Wildman–Crippen MR) is 186 cm³/mol. The fraction of sp³-hybridized carbons (Fsp3) is 0.474. The van der Waals surface area contributed by atoms with E-state index in [-0.39, 0.29) is 37.0 Å². The van der Waals surface area contributed by atoms with Crippen LogP contribution in [-0.2, 0) is 22.2 Å². The first-order valence-electron chi connectivity index (χ1n) is 16.7. The number of carbonyl (C=O) groups is 2. The zero-order valence-electron chi connectivity index (χ0n) is 29.6. The van der Waals surface area contributed by atoms with Gasteiger partial charge < -0.3 is 25.0 Å². The molecule has 4 rings (SSSR count). The molecule has 0 bridgehead atoms. The van der Waals surface area contributed by atoms with Gasteiger partial charge in [0.15, 0.2) is 0 Å². The lowest BCUT2D eigenvalue weighted by molar-refractivity contribution is -0.138. The summed E-state index contributed by atoms with van der Waals surface area (Å²) in [4.78, 5) is 29.4. The second kappa shape index (κ2) is 18.0. The number of carboxylic acid groups (broad SMARTS) is 1. The number of likely N-dealkylation sites (N-methyl/N-ethyl adjacent to an activating group) is 1. The van der Waals surface area contributed by atoms with Crippen LogP contribution in [0.5, 0.6) is 0 Å². The molecule has 2 heterocycles. The van der Waals surface area contributed by atoms with Crippen LogP contribution in [-0.4, -0.2) is 69.8 Å². The van der Waals surface area contributed by atoms with Crippen LogP contribution in [0.1, 0.15) is 73.5 Å². The summed E-state index contributed by atoms with van der Waals surface area (Å²) >= 11 is 0. The van der Waals surface area contributed by atoms with E-state index in [4.69, 9.17) is 10.5 Å². The monoisotopic (exact) mass is 695 g/mol. The Bertz CT molecular complexity index is 1730. The van der Waals surface area contributed by atoms with Gasteiger partial charge in [0.1, 0.15) is 17.2 Å². The summed E-state index contributed by atoms with van der Waals surface area (Å²) in [5.74, 6) is 5.12. The van der Waals surface area contributed by atoms with Crippen molar-refractivity contribution in [2.45, 2.75) is 78.1 Å². The Balaban J connectivity index is 0.000000283. The molecule has 0 spiro atoms. The van der Waals surface area contributed by atoms with Crippen molar-refractivity contribution in [3.05, 3.63) is 82.2 Å². The summed E-state index contributed by atoms with van der Waals surface area (Å²) in [5, 5.41) is 28.6. The summed E-state index contributed by atoms with van der Waals surface area (Å²) in [6, 6.07) is 10.3. The Kier molecular flexibility index (Phi) is 14.4. The second-order valence-electron chi connectivity index (χ2n) is 13.4. The van der Waals surface area contributed by atoms with Gasteiger partial charge in [0, 0.05) is 31.4 Å². The first-order chi connectivity index (χ1) is 23.5. The zero-order valence-corrected chi connectivity index (χ0v) is 29.6. The van der Waals surface area contributed by atoms with Crippen molar-refractivity contribution in [1.82, 2.24) is 19.8 Å². The summed E-state index contributed by atoms with van der Waals surface area (Å²) in [7, 11) is 3.50. The van der Waals surface area contributed by atoms with Gasteiger partial charge >= 0.3 is 12.1 Å². The molecule has 2 aromatic heterocycles. The van der Waals surface area contributed by atoms with Crippen LogP contribution in [0, 0.1) is 42.9 Å². The van der Waals surface area contributed by atoms with Gasteiger partial charge in [-0.05, 0) is 111 Å². The molecule has 1 aliphatic rings. The average Bonchev–Trinajstić information content (AvgIpc) is 3.00. The van der Waals surface area contributed by atoms with Gasteiger partial charge in [-0.3, -0.25) is 15.0 Å². The van der Waals surface area contributed by atoms with Gasteiger partial charge in [-0.15, -0.1) is 0 Å². The number of pyridine rings is 2. The van der Waals surface area contributed by atoms with Gasteiger partial charge in [-0.25, -0.2) is 4.98 Å². The fourth-order valence-corrected chi connectivity index (χ4v) is 5.69. The maximum absolute atomic E-state index is 13.5. The van der Waals surface area contributed by atoms with Crippen LogP contribution in [0.4, 0.5) is 13.2 Å².